The number of hydrogen-bond donors (Lipinski definition) is 2. The van der Waals surface area contributed by atoms with Crippen LogP contribution in [-0.4, -0.2) is 22.4 Å². The standard InChI is InChI=1S/C9H18O2/c1-7(2)9(11)6-4-5-8(3)10/h8-11H,1,4-6H2,2-3H3. The molecule has 0 aliphatic carbocycles. The number of aliphatic hydroxyl groups excluding tert-OH is 2. The second-order valence-corrected chi connectivity index (χ2v) is 3.14. The molecule has 0 aromatic carbocycles. The van der Waals surface area contributed by atoms with Gasteiger partial charge in [0.25, 0.3) is 0 Å². The van der Waals surface area contributed by atoms with Crippen molar-refractivity contribution in [3.05, 3.63) is 12.2 Å². The molecule has 0 fully saturated rings. The molecule has 2 nitrogen and oxygen atoms in total. The van der Waals surface area contributed by atoms with E-state index in [2.05, 4.69) is 6.58 Å². The number of hydrogen-bond acceptors (Lipinski definition) is 2. The van der Waals surface area contributed by atoms with E-state index in [0.29, 0.717) is 6.42 Å². The molecule has 2 unspecified atom stereocenters. The Labute approximate surface area is 68.6 Å². The monoisotopic (exact) mass is 158 g/mol. The minimum atomic E-state index is -0.395. The summed E-state index contributed by atoms with van der Waals surface area (Å²) in [6.45, 7) is 7.21. The van der Waals surface area contributed by atoms with Crippen LogP contribution in [0.2, 0.25) is 0 Å². The molecule has 0 aliphatic heterocycles. The average Bonchev–Trinajstić information content (AvgIpc) is 1.86. The predicted molar refractivity (Wildman–Crippen MR) is 46.4 cm³/mol. The van der Waals surface area contributed by atoms with Crippen LogP contribution < -0.4 is 0 Å². The smallest absolute Gasteiger partial charge is 0.0744 e. The lowest BCUT2D eigenvalue weighted by atomic mass is 10.1. The first-order valence-corrected chi connectivity index (χ1v) is 4.05. The lowest BCUT2D eigenvalue weighted by Crippen LogP contribution is -2.08. The maximum Gasteiger partial charge on any atom is 0.0744 e. The highest BCUT2D eigenvalue weighted by Crippen LogP contribution is 2.08. The van der Waals surface area contributed by atoms with Crippen molar-refractivity contribution in [2.45, 2.75) is 45.3 Å². The van der Waals surface area contributed by atoms with Crippen molar-refractivity contribution >= 4 is 0 Å². The topological polar surface area (TPSA) is 40.5 Å². The minimum Gasteiger partial charge on any atom is -0.393 e. The summed E-state index contributed by atoms with van der Waals surface area (Å²) in [5.41, 5.74) is 0.801. The van der Waals surface area contributed by atoms with Crippen LogP contribution in [0.5, 0.6) is 0 Å². The second kappa shape index (κ2) is 5.33. The van der Waals surface area contributed by atoms with Crippen LogP contribution in [0, 0.1) is 0 Å². The molecule has 0 rings (SSSR count). The Morgan fingerprint density at radius 2 is 1.91 bits per heavy atom. The molecule has 11 heavy (non-hydrogen) atoms. The van der Waals surface area contributed by atoms with Crippen LogP contribution in [0.4, 0.5) is 0 Å². The fourth-order valence-corrected chi connectivity index (χ4v) is 0.853. The van der Waals surface area contributed by atoms with Gasteiger partial charge in [-0.05, 0) is 33.1 Å². The summed E-state index contributed by atoms with van der Waals surface area (Å²) >= 11 is 0. The summed E-state index contributed by atoms with van der Waals surface area (Å²) in [6, 6.07) is 0. The Kier molecular flexibility index (Phi) is 5.16. The van der Waals surface area contributed by atoms with Gasteiger partial charge >= 0.3 is 0 Å². The Morgan fingerprint density at radius 3 is 2.27 bits per heavy atom. The molecule has 0 amide bonds. The first kappa shape index (κ1) is 10.7. The molecule has 0 bridgehead atoms. The van der Waals surface area contributed by atoms with Crippen LogP contribution in [0.1, 0.15) is 33.1 Å². The molecule has 0 aliphatic rings. The molecule has 0 saturated heterocycles. The fraction of sp³-hybridized carbons (Fsp3) is 0.778. The third-order valence-electron chi connectivity index (χ3n) is 1.67. The van der Waals surface area contributed by atoms with E-state index in [1.165, 1.54) is 0 Å². The largest absolute Gasteiger partial charge is 0.393 e. The second-order valence-electron chi connectivity index (χ2n) is 3.14. The summed E-state index contributed by atoms with van der Waals surface area (Å²) in [4.78, 5) is 0. The van der Waals surface area contributed by atoms with Gasteiger partial charge < -0.3 is 10.2 Å². The SMILES string of the molecule is C=C(C)C(O)CCCC(C)O. The molecule has 0 saturated carbocycles. The third-order valence-corrected chi connectivity index (χ3v) is 1.67. The molecule has 2 atom stereocenters. The Hall–Kier alpha value is -0.340. The minimum absolute atomic E-state index is 0.257. The van der Waals surface area contributed by atoms with Gasteiger partial charge in [0.2, 0.25) is 0 Å². The van der Waals surface area contributed by atoms with Crippen LogP contribution in [-0.2, 0) is 0 Å². The molecule has 66 valence electrons. The van der Waals surface area contributed by atoms with Gasteiger partial charge in [-0.2, -0.15) is 0 Å². The van der Waals surface area contributed by atoms with Crippen LogP contribution in [0.3, 0.4) is 0 Å². The van der Waals surface area contributed by atoms with Gasteiger partial charge in [-0.3, -0.25) is 0 Å². The van der Waals surface area contributed by atoms with E-state index < -0.39 is 6.10 Å². The molecule has 0 aromatic heterocycles. The Balaban J connectivity index is 3.31. The van der Waals surface area contributed by atoms with Gasteiger partial charge in [0.15, 0.2) is 0 Å². The van der Waals surface area contributed by atoms with Crippen LogP contribution >= 0.6 is 0 Å². The van der Waals surface area contributed by atoms with E-state index in [4.69, 9.17) is 5.11 Å². The van der Waals surface area contributed by atoms with Gasteiger partial charge in [-0.1, -0.05) is 12.2 Å². The third kappa shape index (κ3) is 6.07. The van der Waals surface area contributed by atoms with E-state index in [9.17, 15) is 5.11 Å². The molecular weight excluding hydrogens is 140 g/mol. The first-order chi connectivity index (χ1) is 5.04. The lowest BCUT2D eigenvalue weighted by molar-refractivity contribution is 0.160. The van der Waals surface area contributed by atoms with Crippen molar-refractivity contribution in [1.29, 1.82) is 0 Å². The summed E-state index contributed by atoms with van der Waals surface area (Å²) in [7, 11) is 0. The molecule has 2 heteroatoms. The Bertz CT molecular complexity index is 119. The molecule has 0 heterocycles. The van der Waals surface area contributed by atoms with E-state index in [1.807, 2.05) is 6.92 Å². The quantitative estimate of drug-likeness (QED) is 0.595. The highest BCUT2D eigenvalue weighted by molar-refractivity contribution is 4.96. The van der Waals surface area contributed by atoms with Crippen LogP contribution in [0.15, 0.2) is 12.2 Å². The van der Waals surface area contributed by atoms with Gasteiger partial charge in [-0.15, -0.1) is 0 Å². The fourth-order valence-electron chi connectivity index (χ4n) is 0.853. The number of aliphatic hydroxyl groups is 2. The highest BCUT2D eigenvalue weighted by Gasteiger charge is 2.04. The van der Waals surface area contributed by atoms with Crippen molar-refractivity contribution in [2.24, 2.45) is 0 Å². The van der Waals surface area contributed by atoms with Gasteiger partial charge in [-0.25, -0.2) is 0 Å². The van der Waals surface area contributed by atoms with Gasteiger partial charge in [0, 0.05) is 0 Å². The predicted octanol–water partition coefficient (Wildman–Crippen LogP) is 1.47. The molecule has 0 spiro atoms. The van der Waals surface area contributed by atoms with Crippen molar-refractivity contribution in [3.63, 3.8) is 0 Å². The van der Waals surface area contributed by atoms with Crippen LogP contribution in [0.25, 0.3) is 0 Å². The average molecular weight is 158 g/mol. The normalized spacial score (nSPS) is 16.0. The zero-order valence-electron chi connectivity index (χ0n) is 7.38. The van der Waals surface area contributed by atoms with Crippen molar-refractivity contribution in [1.82, 2.24) is 0 Å². The van der Waals surface area contributed by atoms with Crippen molar-refractivity contribution < 1.29 is 10.2 Å². The zero-order chi connectivity index (χ0) is 8.85. The van der Waals surface area contributed by atoms with Gasteiger partial charge in [0.05, 0.1) is 12.2 Å². The summed E-state index contributed by atoms with van der Waals surface area (Å²) < 4.78 is 0. The first-order valence-electron chi connectivity index (χ1n) is 4.05. The lowest BCUT2D eigenvalue weighted by Gasteiger charge is -2.10. The molecular formula is C9H18O2. The Morgan fingerprint density at radius 1 is 1.36 bits per heavy atom. The van der Waals surface area contributed by atoms with Crippen molar-refractivity contribution in [2.75, 3.05) is 0 Å². The zero-order valence-corrected chi connectivity index (χ0v) is 7.38. The summed E-state index contributed by atoms with van der Waals surface area (Å²) in [5.74, 6) is 0. The number of rotatable bonds is 5. The molecule has 0 aromatic rings. The van der Waals surface area contributed by atoms with E-state index in [1.54, 1.807) is 6.92 Å². The maximum absolute atomic E-state index is 9.26. The molecule has 2 N–H and O–H groups in total. The maximum atomic E-state index is 9.26. The molecule has 0 radical (unpaired) electrons. The highest BCUT2D eigenvalue weighted by atomic mass is 16.3. The van der Waals surface area contributed by atoms with E-state index >= 15 is 0 Å². The van der Waals surface area contributed by atoms with E-state index in [0.717, 1.165) is 18.4 Å². The van der Waals surface area contributed by atoms with Crippen molar-refractivity contribution in [3.8, 4) is 0 Å². The summed E-state index contributed by atoms with van der Waals surface area (Å²) in [6.07, 6.45) is 1.66. The van der Waals surface area contributed by atoms with E-state index in [-0.39, 0.29) is 6.10 Å². The summed E-state index contributed by atoms with van der Waals surface area (Å²) in [5, 5.41) is 18.2. The van der Waals surface area contributed by atoms with Gasteiger partial charge in [0.1, 0.15) is 0 Å².